The molecule has 5 rings (SSSR count). The van der Waals surface area contributed by atoms with E-state index >= 15 is 0 Å². The fourth-order valence-corrected chi connectivity index (χ4v) is 4.87. The van der Waals surface area contributed by atoms with Gasteiger partial charge in [-0.15, -0.1) is 0 Å². The molecular formula is C27H25FN6O4. The van der Waals surface area contributed by atoms with Gasteiger partial charge in [0.2, 0.25) is 5.91 Å². The molecule has 4 aromatic rings. The van der Waals surface area contributed by atoms with E-state index in [-0.39, 0.29) is 34.6 Å². The lowest BCUT2D eigenvalue weighted by atomic mass is 9.90. The van der Waals surface area contributed by atoms with E-state index in [1.165, 1.54) is 23.6 Å². The largest absolute Gasteiger partial charge is 0.387 e. The standard InChI is InChI=1S/C27H25FN6O4/c1-15(37)19-4-2-17(10-22(19)28)23-5-3-18(11-30-23)20-12-31-34-26(29)21(13-35)25(32-27(20)34)16-6-8-33(9-7-16)24(38)14-36/h2-5,10-13,16,36H,6-9,14,29H2,1H3. The second kappa shape index (κ2) is 10.1. The summed E-state index contributed by atoms with van der Waals surface area (Å²) in [7, 11) is 0. The second-order valence-electron chi connectivity index (χ2n) is 9.20. The van der Waals surface area contributed by atoms with Gasteiger partial charge in [-0.3, -0.25) is 19.4 Å². The molecule has 11 heteroatoms. The van der Waals surface area contributed by atoms with Crippen molar-refractivity contribution in [1.29, 1.82) is 0 Å². The van der Waals surface area contributed by atoms with Crippen LogP contribution in [0.3, 0.4) is 0 Å². The van der Waals surface area contributed by atoms with Crippen LogP contribution in [0.4, 0.5) is 10.2 Å². The number of aliphatic hydroxyl groups is 1. The Morgan fingerprint density at radius 2 is 1.89 bits per heavy atom. The van der Waals surface area contributed by atoms with E-state index in [4.69, 9.17) is 15.8 Å². The summed E-state index contributed by atoms with van der Waals surface area (Å²) in [6.45, 7) is 1.67. The van der Waals surface area contributed by atoms with Crippen molar-refractivity contribution in [3.05, 3.63) is 65.4 Å². The number of nitrogens with two attached hydrogens (primary N) is 1. The van der Waals surface area contributed by atoms with Crippen LogP contribution in [0.15, 0.2) is 42.7 Å². The Balaban J connectivity index is 1.49. The number of pyridine rings is 1. The van der Waals surface area contributed by atoms with Gasteiger partial charge >= 0.3 is 0 Å². The fourth-order valence-electron chi connectivity index (χ4n) is 4.87. The number of hydrogen-bond acceptors (Lipinski definition) is 8. The van der Waals surface area contributed by atoms with Gasteiger partial charge in [-0.2, -0.15) is 9.61 Å². The summed E-state index contributed by atoms with van der Waals surface area (Å²) in [5, 5.41) is 13.5. The number of halogens is 1. The van der Waals surface area contributed by atoms with Crippen LogP contribution in [0, 0.1) is 5.82 Å². The molecule has 10 nitrogen and oxygen atoms in total. The molecule has 0 atom stereocenters. The molecule has 1 saturated heterocycles. The first kappa shape index (κ1) is 25.2. The van der Waals surface area contributed by atoms with Crippen molar-refractivity contribution in [3.8, 4) is 22.4 Å². The Morgan fingerprint density at radius 1 is 1.16 bits per heavy atom. The Labute approximate surface area is 216 Å². The number of aromatic nitrogens is 4. The highest BCUT2D eigenvalue weighted by molar-refractivity contribution is 5.94. The van der Waals surface area contributed by atoms with Gasteiger partial charge in [0.15, 0.2) is 17.7 Å². The van der Waals surface area contributed by atoms with Crippen LogP contribution < -0.4 is 5.73 Å². The van der Waals surface area contributed by atoms with Gasteiger partial charge in [0.05, 0.1) is 28.7 Å². The molecule has 194 valence electrons. The SMILES string of the molecule is CC(=O)c1ccc(-c2ccc(-c3cnn4c(N)c(C=O)c(C5CCN(C(=O)CO)CC5)nc34)cn2)cc1F. The van der Waals surface area contributed by atoms with Crippen molar-refractivity contribution in [2.45, 2.75) is 25.7 Å². The molecule has 1 aliphatic rings. The van der Waals surface area contributed by atoms with Crippen molar-refractivity contribution < 1.29 is 23.9 Å². The molecule has 1 aromatic carbocycles. The first-order valence-corrected chi connectivity index (χ1v) is 12.1. The number of nitrogens with zero attached hydrogens (tertiary/aromatic N) is 5. The molecule has 1 fully saturated rings. The molecular weight excluding hydrogens is 491 g/mol. The molecule has 0 aliphatic carbocycles. The van der Waals surface area contributed by atoms with Crippen LogP contribution in [0.2, 0.25) is 0 Å². The number of rotatable bonds is 6. The minimum Gasteiger partial charge on any atom is -0.387 e. The number of carbonyl (C=O) groups excluding carboxylic acids is 3. The first-order chi connectivity index (χ1) is 18.3. The Bertz CT molecular complexity index is 1560. The molecule has 4 heterocycles. The first-order valence-electron chi connectivity index (χ1n) is 12.1. The summed E-state index contributed by atoms with van der Waals surface area (Å²) in [5.41, 5.74) is 10.0. The van der Waals surface area contributed by atoms with E-state index in [1.54, 1.807) is 35.5 Å². The normalized spacial score (nSPS) is 14.1. The number of Topliss-reactive ketones (excluding diaryl/α,β-unsaturated/α-hetero) is 1. The molecule has 0 spiro atoms. The molecule has 0 radical (unpaired) electrons. The zero-order valence-corrected chi connectivity index (χ0v) is 20.6. The Hall–Kier alpha value is -4.51. The number of fused-ring (bicyclic) bond motifs is 1. The van der Waals surface area contributed by atoms with E-state index in [1.807, 2.05) is 0 Å². The van der Waals surface area contributed by atoms with E-state index in [9.17, 15) is 18.8 Å². The van der Waals surface area contributed by atoms with Crippen LogP contribution in [0.5, 0.6) is 0 Å². The predicted molar refractivity (Wildman–Crippen MR) is 137 cm³/mol. The maximum absolute atomic E-state index is 14.3. The number of hydrogen-bond donors (Lipinski definition) is 2. The third kappa shape index (κ3) is 4.41. The lowest BCUT2D eigenvalue weighted by molar-refractivity contribution is -0.135. The highest BCUT2D eigenvalue weighted by Gasteiger charge is 2.28. The van der Waals surface area contributed by atoms with Crippen LogP contribution in [0.25, 0.3) is 28.0 Å². The van der Waals surface area contributed by atoms with Crippen LogP contribution in [-0.2, 0) is 4.79 Å². The van der Waals surface area contributed by atoms with Gasteiger partial charge in [-0.1, -0.05) is 12.1 Å². The van der Waals surface area contributed by atoms with Crippen molar-refractivity contribution >= 4 is 29.4 Å². The molecule has 3 aromatic heterocycles. The molecule has 0 bridgehead atoms. The quantitative estimate of drug-likeness (QED) is 0.294. The topological polar surface area (TPSA) is 144 Å². The maximum Gasteiger partial charge on any atom is 0.248 e. The number of ketones is 1. The minimum absolute atomic E-state index is 0.0246. The van der Waals surface area contributed by atoms with Crippen LogP contribution in [-0.4, -0.2) is 67.3 Å². The number of benzene rings is 1. The van der Waals surface area contributed by atoms with E-state index in [0.29, 0.717) is 65.9 Å². The van der Waals surface area contributed by atoms with Crippen LogP contribution >= 0.6 is 0 Å². The molecule has 0 unspecified atom stereocenters. The lowest BCUT2D eigenvalue weighted by Crippen LogP contribution is -2.39. The number of amides is 1. The van der Waals surface area contributed by atoms with E-state index in [2.05, 4.69) is 10.1 Å². The Morgan fingerprint density at radius 3 is 2.50 bits per heavy atom. The van der Waals surface area contributed by atoms with Gasteiger partial charge in [0, 0.05) is 41.9 Å². The number of aldehydes is 1. The number of anilines is 1. The van der Waals surface area contributed by atoms with Gasteiger partial charge in [-0.25, -0.2) is 9.37 Å². The summed E-state index contributed by atoms with van der Waals surface area (Å²) in [4.78, 5) is 46.2. The third-order valence-electron chi connectivity index (χ3n) is 6.96. The van der Waals surface area contributed by atoms with Gasteiger partial charge < -0.3 is 15.7 Å². The van der Waals surface area contributed by atoms with Crippen molar-refractivity contribution in [3.63, 3.8) is 0 Å². The van der Waals surface area contributed by atoms with Crippen molar-refractivity contribution in [1.82, 2.24) is 24.5 Å². The van der Waals surface area contributed by atoms with Crippen molar-refractivity contribution in [2.75, 3.05) is 25.4 Å². The monoisotopic (exact) mass is 516 g/mol. The lowest BCUT2D eigenvalue weighted by Gasteiger charge is -2.32. The smallest absolute Gasteiger partial charge is 0.248 e. The summed E-state index contributed by atoms with van der Waals surface area (Å²) in [6, 6.07) is 7.91. The Kier molecular flexibility index (Phi) is 6.68. The predicted octanol–water partition coefficient (Wildman–Crippen LogP) is 2.89. The van der Waals surface area contributed by atoms with Gasteiger partial charge in [0.1, 0.15) is 18.2 Å². The van der Waals surface area contributed by atoms with Crippen molar-refractivity contribution in [2.24, 2.45) is 0 Å². The number of aliphatic hydroxyl groups excluding tert-OH is 1. The number of likely N-dealkylation sites (tertiary alicyclic amines) is 1. The minimum atomic E-state index is -0.603. The highest BCUT2D eigenvalue weighted by atomic mass is 19.1. The van der Waals surface area contributed by atoms with Gasteiger partial charge in [-0.05, 0) is 38.0 Å². The zero-order chi connectivity index (χ0) is 27.0. The van der Waals surface area contributed by atoms with Gasteiger partial charge in [0.25, 0.3) is 0 Å². The fraction of sp³-hybridized carbons (Fsp3) is 0.259. The molecule has 1 amide bonds. The number of carbonyl (C=O) groups is 3. The highest BCUT2D eigenvalue weighted by Crippen LogP contribution is 2.34. The molecule has 0 saturated carbocycles. The zero-order valence-electron chi connectivity index (χ0n) is 20.6. The average molecular weight is 517 g/mol. The second-order valence-corrected chi connectivity index (χ2v) is 9.20. The van der Waals surface area contributed by atoms with E-state index in [0.717, 1.165) is 0 Å². The average Bonchev–Trinajstić information content (AvgIpc) is 3.37. The summed E-state index contributed by atoms with van der Waals surface area (Å²) in [5.74, 6) is -1.20. The molecule has 1 aliphatic heterocycles. The van der Waals surface area contributed by atoms with E-state index < -0.39 is 12.4 Å². The molecule has 3 N–H and O–H groups in total. The summed E-state index contributed by atoms with van der Waals surface area (Å²) >= 11 is 0. The summed E-state index contributed by atoms with van der Waals surface area (Å²) in [6.07, 6.45) is 5.04. The van der Waals surface area contributed by atoms with Crippen LogP contribution in [0.1, 0.15) is 52.1 Å². The maximum atomic E-state index is 14.3. The summed E-state index contributed by atoms with van der Waals surface area (Å²) < 4.78 is 15.7. The molecule has 38 heavy (non-hydrogen) atoms. The number of piperidine rings is 1. The number of nitrogen functional groups attached to an aromatic ring is 1. The third-order valence-corrected chi connectivity index (χ3v) is 6.96.